The van der Waals surface area contributed by atoms with Gasteiger partial charge in [-0.1, -0.05) is 0 Å². The molecule has 78 valence electrons. The number of rotatable bonds is 1. The number of hydrogen-bond acceptors (Lipinski definition) is 2. The molecule has 0 saturated carbocycles. The summed E-state index contributed by atoms with van der Waals surface area (Å²) in [6, 6.07) is 0.602. The van der Waals surface area contributed by atoms with Crippen LogP contribution in [0.25, 0.3) is 0 Å². The van der Waals surface area contributed by atoms with E-state index in [1.165, 1.54) is 17.7 Å². The van der Waals surface area contributed by atoms with Crippen molar-refractivity contribution in [3.05, 3.63) is 17.0 Å². The molecule has 0 amide bonds. The number of fused-ring (bicyclic) bond motifs is 1. The summed E-state index contributed by atoms with van der Waals surface area (Å²) >= 11 is 0. The maximum Gasteiger partial charge on any atom is 0.0826 e. The summed E-state index contributed by atoms with van der Waals surface area (Å²) in [7, 11) is 0. The molecule has 1 aromatic heterocycles. The summed E-state index contributed by atoms with van der Waals surface area (Å²) in [4.78, 5) is 0. The standard InChI is InChI=1S/C11H19N3/c1-7(2)14-8(3)9-5-4-6-10(12)11(9)13-14/h7,10H,4-6,12H2,1-3H3. The zero-order valence-electron chi connectivity index (χ0n) is 9.25. The average molecular weight is 193 g/mol. The molecule has 0 aliphatic heterocycles. The van der Waals surface area contributed by atoms with E-state index in [1.54, 1.807) is 0 Å². The highest BCUT2D eigenvalue weighted by Crippen LogP contribution is 2.30. The molecule has 1 heterocycles. The molecule has 1 aromatic rings. The van der Waals surface area contributed by atoms with Gasteiger partial charge in [-0.15, -0.1) is 0 Å². The number of nitrogens with zero attached hydrogens (tertiary/aromatic N) is 2. The van der Waals surface area contributed by atoms with Gasteiger partial charge >= 0.3 is 0 Å². The van der Waals surface area contributed by atoms with Crippen molar-refractivity contribution < 1.29 is 0 Å². The van der Waals surface area contributed by atoms with Crippen LogP contribution in [0.4, 0.5) is 0 Å². The minimum absolute atomic E-state index is 0.164. The summed E-state index contributed by atoms with van der Waals surface area (Å²) < 4.78 is 2.11. The van der Waals surface area contributed by atoms with Crippen LogP contribution in [0.15, 0.2) is 0 Å². The van der Waals surface area contributed by atoms with E-state index in [0.29, 0.717) is 6.04 Å². The Labute approximate surface area is 85.3 Å². The molecule has 2 N–H and O–H groups in total. The fourth-order valence-corrected chi connectivity index (χ4v) is 2.32. The maximum atomic E-state index is 6.05. The fraction of sp³-hybridized carbons (Fsp3) is 0.727. The van der Waals surface area contributed by atoms with E-state index in [9.17, 15) is 0 Å². The highest BCUT2D eigenvalue weighted by molar-refractivity contribution is 5.30. The second-order valence-corrected chi connectivity index (χ2v) is 4.49. The molecule has 0 saturated heterocycles. The lowest BCUT2D eigenvalue weighted by Gasteiger charge is -2.16. The van der Waals surface area contributed by atoms with Crippen molar-refractivity contribution in [2.45, 2.75) is 52.1 Å². The normalized spacial score (nSPS) is 21.4. The lowest BCUT2D eigenvalue weighted by molar-refractivity contribution is 0.500. The summed E-state index contributed by atoms with van der Waals surface area (Å²) in [5.41, 5.74) is 9.90. The molecule has 1 unspecified atom stereocenters. The quantitative estimate of drug-likeness (QED) is 0.742. The van der Waals surface area contributed by atoms with Gasteiger partial charge in [-0.05, 0) is 45.6 Å². The smallest absolute Gasteiger partial charge is 0.0826 e. The van der Waals surface area contributed by atoms with Crippen molar-refractivity contribution in [2.75, 3.05) is 0 Å². The first-order valence-electron chi connectivity index (χ1n) is 5.44. The van der Waals surface area contributed by atoms with Crippen molar-refractivity contribution >= 4 is 0 Å². The van der Waals surface area contributed by atoms with Gasteiger partial charge in [0, 0.05) is 17.8 Å². The second kappa shape index (κ2) is 3.39. The van der Waals surface area contributed by atoms with Crippen LogP contribution in [0.1, 0.15) is 55.7 Å². The monoisotopic (exact) mass is 193 g/mol. The van der Waals surface area contributed by atoms with E-state index >= 15 is 0 Å². The third-order valence-electron chi connectivity index (χ3n) is 3.09. The Morgan fingerprint density at radius 2 is 2.21 bits per heavy atom. The Morgan fingerprint density at radius 1 is 1.50 bits per heavy atom. The van der Waals surface area contributed by atoms with Crippen molar-refractivity contribution in [2.24, 2.45) is 5.73 Å². The highest BCUT2D eigenvalue weighted by Gasteiger charge is 2.24. The largest absolute Gasteiger partial charge is 0.323 e. The van der Waals surface area contributed by atoms with Gasteiger partial charge in [0.05, 0.1) is 5.69 Å². The highest BCUT2D eigenvalue weighted by atomic mass is 15.3. The van der Waals surface area contributed by atoms with Crippen molar-refractivity contribution in [3.8, 4) is 0 Å². The predicted octanol–water partition coefficient (Wildman–Crippen LogP) is 2.11. The molecule has 3 nitrogen and oxygen atoms in total. The van der Waals surface area contributed by atoms with Gasteiger partial charge < -0.3 is 5.73 Å². The fourth-order valence-electron chi connectivity index (χ4n) is 2.32. The lowest BCUT2D eigenvalue weighted by atomic mass is 9.93. The van der Waals surface area contributed by atoms with Gasteiger partial charge in [0.15, 0.2) is 0 Å². The molecule has 2 rings (SSSR count). The van der Waals surface area contributed by atoms with E-state index in [-0.39, 0.29) is 6.04 Å². The van der Waals surface area contributed by atoms with Gasteiger partial charge in [-0.2, -0.15) is 5.10 Å². The Morgan fingerprint density at radius 3 is 2.79 bits per heavy atom. The molecule has 3 heteroatoms. The average Bonchev–Trinajstić information content (AvgIpc) is 2.46. The zero-order valence-corrected chi connectivity index (χ0v) is 9.25. The summed E-state index contributed by atoms with van der Waals surface area (Å²) in [6.45, 7) is 6.48. The Bertz CT molecular complexity index is 339. The third-order valence-corrected chi connectivity index (χ3v) is 3.09. The van der Waals surface area contributed by atoms with Gasteiger partial charge in [0.2, 0.25) is 0 Å². The van der Waals surface area contributed by atoms with E-state index in [4.69, 9.17) is 5.73 Å². The molecular weight excluding hydrogens is 174 g/mol. The van der Waals surface area contributed by atoms with Crippen LogP contribution in [0.5, 0.6) is 0 Å². The molecule has 0 radical (unpaired) electrons. The van der Waals surface area contributed by atoms with Gasteiger partial charge in [0.1, 0.15) is 0 Å². The van der Waals surface area contributed by atoms with Crippen molar-refractivity contribution in [3.63, 3.8) is 0 Å². The predicted molar refractivity (Wildman–Crippen MR) is 57.2 cm³/mol. The van der Waals surface area contributed by atoms with Crippen LogP contribution in [0, 0.1) is 6.92 Å². The Hall–Kier alpha value is -0.830. The molecule has 1 atom stereocenters. The van der Waals surface area contributed by atoms with E-state index < -0.39 is 0 Å². The van der Waals surface area contributed by atoms with Gasteiger partial charge in [-0.25, -0.2) is 0 Å². The Kier molecular flexibility index (Phi) is 2.35. The summed E-state index contributed by atoms with van der Waals surface area (Å²) in [6.07, 6.45) is 3.45. The van der Waals surface area contributed by atoms with Crippen LogP contribution in [-0.4, -0.2) is 9.78 Å². The number of aromatic nitrogens is 2. The SMILES string of the molecule is Cc1c2c(nn1C(C)C)C(N)CCC2. The van der Waals surface area contributed by atoms with Crippen LogP contribution in [0.2, 0.25) is 0 Å². The van der Waals surface area contributed by atoms with E-state index in [2.05, 4.69) is 30.6 Å². The van der Waals surface area contributed by atoms with Crippen LogP contribution in [0.3, 0.4) is 0 Å². The molecule has 0 bridgehead atoms. The van der Waals surface area contributed by atoms with Crippen molar-refractivity contribution in [1.82, 2.24) is 9.78 Å². The molecule has 0 spiro atoms. The first kappa shape index (κ1) is 9.71. The van der Waals surface area contributed by atoms with Crippen LogP contribution in [-0.2, 0) is 6.42 Å². The molecule has 0 fully saturated rings. The minimum atomic E-state index is 0.164. The molecular formula is C11H19N3. The first-order valence-corrected chi connectivity index (χ1v) is 5.44. The Balaban J connectivity index is 2.49. The molecule has 14 heavy (non-hydrogen) atoms. The first-order chi connectivity index (χ1) is 6.61. The summed E-state index contributed by atoms with van der Waals surface area (Å²) in [5, 5.41) is 4.62. The number of hydrogen-bond donors (Lipinski definition) is 1. The maximum absolute atomic E-state index is 6.05. The van der Waals surface area contributed by atoms with Crippen LogP contribution >= 0.6 is 0 Å². The van der Waals surface area contributed by atoms with E-state index in [0.717, 1.165) is 18.5 Å². The zero-order chi connectivity index (χ0) is 10.3. The van der Waals surface area contributed by atoms with E-state index in [1.807, 2.05) is 0 Å². The van der Waals surface area contributed by atoms with Crippen LogP contribution < -0.4 is 5.73 Å². The minimum Gasteiger partial charge on any atom is -0.323 e. The third kappa shape index (κ3) is 1.36. The topological polar surface area (TPSA) is 43.8 Å². The lowest BCUT2D eigenvalue weighted by Crippen LogP contribution is -2.17. The summed E-state index contributed by atoms with van der Waals surface area (Å²) in [5.74, 6) is 0. The van der Waals surface area contributed by atoms with Crippen molar-refractivity contribution in [1.29, 1.82) is 0 Å². The molecule has 0 aromatic carbocycles. The van der Waals surface area contributed by atoms with Gasteiger partial charge in [-0.3, -0.25) is 4.68 Å². The molecule has 1 aliphatic carbocycles. The van der Waals surface area contributed by atoms with Gasteiger partial charge in [0.25, 0.3) is 0 Å². The number of nitrogens with two attached hydrogens (primary N) is 1. The molecule has 1 aliphatic rings. The second-order valence-electron chi connectivity index (χ2n) is 4.49.